The van der Waals surface area contributed by atoms with Crippen molar-refractivity contribution in [3.05, 3.63) is 35.4 Å². The van der Waals surface area contributed by atoms with E-state index < -0.39 is 0 Å². The van der Waals surface area contributed by atoms with Crippen LogP contribution in [0.15, 0.2) is 29.3 Å². The minimum absolute atomic E-state index is 0.587. The van der Waals surface area contributed by atoms with Crippen molar-refractivity contribution in [3.8, 4) is 0 Å². The Balaban J connectivity index is 2.45. The number of hydrogen-bond donors (Lipinski definition) is 2. The van der Waals surface area contributed by atoms with Crippen molar-refractivity contribution < 1.29 is 9.47 Å². The van der Waals surface area contributed by atoms with Crippen LogP contribution in [-0.2, 0) is 22.6 Å². The van der Waals surface area contributed by atoms with E-state index >= 15 is 0 Å². The molecule has 0 radical (unpaired) electrons. The third kappa shape index (κ3) is 8.89. The molecule has 0 atom stereocenters. The van der Waals surface area contributed by atoms with Gasteiger partial charge in [-0.3, -0.25) is 0 Å². The van der Waals surface area contributed by atoms with Crippen LogP contribution in [0, 0.1) is 5.92 Å². The maximum atomic E-state index is 5.59. The van der Waals surface area contributed by atoms with Crippen LogP contribution in [0.4, 0.5) is 0 Å². The summed E-state index contributed by atoms with van der Waals surface area (Å²) in [7, 11) is 1.72. The zero-order valence-corrected chi connectivity index (χ0v) is 15.6. The van der Waals surface area contributed by atoms with E-state index in [1.54, 1.807) is 7.11 Å². The quantitative estimate of drug-likeness (QED) is 0.371. The first-order valence-corrected chi connectivity index (χ1v) is 8.83. The van der Waals surface area contributed by atoms with Crippen LogP contribution in [0.25, 0.3) is 0 Å². The highest BCUT2D eigenvalue weighted by atomic mass is 16.5. The molecule has 0 aliphatic rings. The second-order valence-electron chi connectivity index (χ2n) is 6.15. The van der Waals surface area contributed by atoms with Crippen molar-refractivity contribution in [1.82, 2.24) is 10.6 Å². The number of hydrogen-bond acceptors (Lipinski definition) is 3. The van der Waals surface area contributed by atoms with Gasteiger partial charge in [-0.2, -0.15) is 0 Å². The predicted octanol–water partition coefficient (Wildman–Crippen LogP) is 2.95. The van der Waals surface area contributed by atoms with Gasteiger partial charge in [-0.15, -0.1) is 0 Å². The number of nitrogens with zero attached hydrogens (tertiary/aromatic N) is 1. The molecule has 1 aromatic rings. The summed E-state index contributed by atoms with van der Waals surface area (Å²) in [6, 6.07) is 8.25. The van der Waals surface area contributed by atoms with E-state index in [-0.39, 0.29) is 0 Å². The number of rotatable bonds is 11. The molecular weight excluding hydrogens is 302 g/mol. The Hall–Kier alpha value is -1.59. The van der Waals surface area contributed by atoms with Gasteiger partial charge in [0.05, 0.1) is 13.2 Å². The van der Waals surface area contributed by atoms with Crippen LogP contribution in [-0.4, -0.2) is 39.4 Å². The number of aliphatic imine (C=N–C) groups is 1. The smallest absolute Gasteiger partial charge is 0.191 e. The molecule has 2 N–H and O–H groups in total. The second-order valence-corrected chi connectivity index (χ2v) is 6.15. The summed E-state index contributed by atoms with van der Waals surface area (Å²) in [4.78, 5) is 4.67. The molecular formula is C19H33N3O2. The number of benzene rings is 1. The Bertz CT molecular complexity index is 475. The van der Waals surface area contributed by atoms with Gasteiger partial charge in [0.2, 0.25) is 0 Å². The minimum atomic E-state index is 0.587. The molecule has 0 heterocycles. The molecule has 5 nitrogen and oxygen atoms in total. The van der Waals surface area contributed by atoms with Crippen LogP contribution >= 0.6 is 0 Å². The lowest BCUT2D eigenvalue weighted by Gasteiger charge is -2.13. The first kappa shape index (κ1) is 20.5. The molecule has 0 amide bonds. The van der Waals surface area contributed by atoms with E-state index in [0.29, 0.717) is 19.1 Å². The molecule has 0 spiro atoms. The molecule has 0 aromatic heterocycles. The fourth-order valence-corrected chi connectivity index (χ4v) is 2.21. The van der Waals surface area contributed by atoms with Gasteiger partial charge in [0.15, 0.2) is 5.96 Å². The Morgan fingerprint density at radius 3 is 2.58 bits per heavy atom. The number of methoxy groups -OCH3 is 1. The van der Waals surface area contributed by atoms with Crippen LogP contribution in [0.2, 0.25) is 0 Å². The fourth-order valence-electron chi connectivity index (χ4n) is 2.21. The van der Waals surface area contributed by atoms with Gasteiger partial charge < -0.3 is 20.1 Å². The topological polar surface area (TPSA) is 54.9 Å². The first-order chi connectivity index (χ1) is 11.7. The highest BCUT2D eigenvalue weighted by Crippen LogP contribution is 2.11. The Morgan fingerprint density at radius 2 is 1.92 bits per heavy atom. The van der Waals surface area contributed by atoms with Crippen molar-refractivity contribution in [2.24, 2.45) is 10.9 Å². The largest absolute Gasteiger partial charge is 0.381 e. The second kappa shape index (κ2) is 12.8. The minimum Gasteiger partial charge on any atom is -0.381 e. The van der Waals surface area contributed by atoms with E-state index in [1.807, 2.05) is 12.1 Å². The molecule has 1 aromatic carbocycles. The normalized spacial score (nSPS) is 11.8. The summed E-state index contributed by atoms with van der Waals surface area (Å²) < 4.78 is 10.8. The summed E-state index contributed by atoms with van der Waals surface area (Å²) in [5.41, 5.74) is 2.37. The summed E-state index contributed by atoms with van der Waals surface area (Å²) in [6.45, 7) is 10.9. The zero-order chi connectivity index (χ0) is 17.6. The fraction of sp³-hybridized carbons (Fsp3) is 0.632. The molecule has 0 bridgehead atoms. The van der Waals surface area contributed by atoms with Gasteiger partial charge in [-0.05, 0) is 30.4 Å². The van der Waals surface area contributed by atoms with Gasteiger partial charge in [0.1, 0.15) is 0 Å². The van der Waals surface area contributed by atoms with E-state index in [0.717, 1.165) is 38.7 Å². The van der Waals surface area contributed by atoms with Gasteiger partial charge in [0.25, 0.3) is 0 Å². The molecule has 136 valence electrons. The summed E-state index contributed by atoms with van der Waals surface area (Å²) >= 11 is 0. The third-order valence-corrected chi connectivity index (χ3v) is 3.38. The van der Waals surface area contributed by atoms with E-state index in [4.69, 9.17) is 9.47 Å². The molecule has 24 heavy (non-hydrogen) atoms. The average Bonchev–Trinajstić information content (AvgIpc) is 2.56. The van der Waals surface area contributed by atoms with E-state index in [2.05, 4.69) is 48.5 Å². The SMILES string of the molecule is CCNC(=NCc1ccccc1COC)NCCCOCC(C)C. The van der Waals surface area contributed by atoms with Gasteiger partial charge in [-0.1, -0.05) is 38.1 Å². The zero-order valence-electron chi connectivity index (χ0n) is 15.6. The van der Waals surface area contributed by atoms with Crippen LogP contribution in [0.5, 0.6) is 0 Å². The summed E-state index contributed by atoms with van der Waals surface area (Å²) in [5.74, 6) is 1.43. The molecule has 0 unspecified atom stereocenters. The molecule has 0 saturated carbocycles. The van der Waals surface area contributed by atoms with Crippen molar-refractivity contribution in [2.75, 3.05) is 33.4 Å². The van der Waals surface area contributed by atoms with Gasteiger partial charge >= 0.3 is 0 Å². The number of guanidine groups is 1. The summed E-state index contributed by atoms with van der Waals surface area (Å²) in [5, 5.41) is 6.64. The van der Waals surface area contributed by atoms with Crippen molar-refractivity contribution >= 4 is 5.96 Å². The van der Waals surface area contributed by atoms with Crippen LogP contribution in [0.3, 0.4) is 0 Å². The third-order valence-electron chi connectivity index (χ3n) is 3.38. The molecule has 0 saturated heterocycles. The lowest BCUT2D eigenvalue weighted by Crippen LogP contribution is -2.38. The van der Waals surface area contributed by atoms with Gasteiger partial charge in [0, 0.05) is 33.4 Å². The van der Waals surface area contributed by atoms with Crippen molar-refractivity contribution in [2.45, 2.75) is 40.3 Å². The van der Waals surface area contributed by atoms with E-state index in [1.165, 1.54) is 11.1 Å². The number of ether oxygens (including phenoxy) is 2. The van der Waals surface area contributed by atoms with Crippen molar-refractivity contribution in [3.63, 3.8) is 0 Å². The molecule has 0 aliphatic heterocycles. The first-order valence-electron chi connectivity index (χ1n) is 8.83. The Morgan fingerprint density at radius 1 is 1.17 bits per heavy atom. The van der Waals surface area contributed by atoms with Gasteiger partial charge in [-0.25, -0.2) is 4.99 Å². The maximum Gasteiger partial charge on any atom is 0.191 e. The molecule has 5 heteroatoms. The predicted molar refractivity (Wildman–Crippen MR) is 100 cm³/mol. The van der Waals surface area contributed by atoms with Crippen LogP contribution in [0.1, 0.15) is 38.3 Å². The maximum absolute atomic E-state index is 5.59. The molecule has 1 rings (SSSR count). The Kier molecular flexibility index (Phi) is 10.9. The van der Waals surface area contributed by atoms with Crippen molar-refractivity contribution in [1.29, 1.82) is 0 Å². The molecule has 0 aliphatic carbocycles. The number of nitrogens with one attached hydrogen (secondary N) is 2. The Labute approximate surface area is 146 Å². The lowest BCUT2D eigenvalue weighted by atomic mass is 10.1. The highest BCUT2D eigenvalue weighted by Gasteiger charge is 2.02. The molecule has 0 fully saturated rings. The standard InChI is InChI=1S/C19H33N3O2/c1-5-20-19(21-11-8-12-24-14-16(2)3)22-13-17-9-6-7-10-18(17)15-23-4/h6-7,9-10,16H,5,8,11-15H2,1-4H3,(H2,20,21,22). The van der Waals surface area contributed by atoms with E-state index in [9.17, 15) is 0 Å². The highest BCUT2D eigenvalue weighted by molar-refractivity contribution is 5.79. The monoisotopic (exact) mass is 335 g/mol. The lowest BCUT2D eigenvalue weighted by molar-refractivity contribution is 0.108. The van der Waals surface area contributed by atoms with Crippen LogP contribution < -0.4 is 10.6 Å². The summed E-state index contributed by atoms with van der Waals surface area (Å²) in [6.07, 6.45) is 0.970. The average molecular weight is 335 g/mol.